The number of benzene rings is 1. The highest BCUT2D eigenvalue weighted by Crippen LogP contribution is 2.26. The number of carboxylic acids is 1. The van der Waals surface area contributed by atoms with Gasteiger partial charge in [0, 0.05) is 0 Å². The lowest BCUT2D eigenvalue weighted by molar-refractivity contribution is -0.305. The Kier molecular flexibility index (Phi) is 2.87. The first kappa shape index (κ1) is 10.6. The molecular formula is C10H6ClN2O3-. The van der Waals surface area contributed by atoms with Crippen LogP contribution in [-0.2, 0) is 11.2 Å². The van der Waals surface area contributed by atoms with Crippen LogP contribution in [-0.4, -0.2) is 16.2 Å². The smallest absolute Gasteiger partial charge is 0.249 e. The zero-order valence-electron chi connectivity index (χ0n) is 8.01. The van der Waals surface area contributed by atoms with Gasteiger partial charge in [-0.1, -0.05) is 23.7 Å². The average molecular weight is 238 g/mol. The molecule has 0 fully saturated rings. The Labute approximate surface area is 95.7 Å². The summed E-state index contributed by atoms with van der Waals surface area (Å²) in [4.78, 5) is 10.3. The fourth-order valence-corrected chi connectivity index (χ4v) is 1.41. The van der Waals surface area contributed by atoms with Crippen molar-refractivity contribution in [2.45, 2.75) is 6.42 Å². The second kappa shape index (κ2) is 4.32. The predicted molar refractivity (Wildman–Crippen MR) is 53.5 cm³/mol. The van der Waals surface area contributed by atoms with Crippen LogP contribution in [0.15, 0.2) is 28.7 Å². The van der Waals surface area contributed by atoms with Gasteiger partial charge in [-0.3, -0.25) is 0 Å². The molecule has 1 aromatic heterocycles. The lowest BCUT2D eigenvalue weighted by Crippen LogP contribution is -2.24. The number of aromatic nitrogens is 2. The summed E-state index contributed by atoms with van der Waals surface area (Å²) >= 11 is 5.92. The Hall–Kier alpha value is -1.88. The minimum Gasteiger partial charge on any atom is -0.550 e. The van der Waals surface area contributed by atoms with Crippen molar-refractivity contribution in [3.05, 3.63) is 35.2 Å². The standard InChI is InChI=1S/C10H7ClN2O3/c11-7-4-2-1-3-6(7)10-13-12-8(16-10)5-9(14)15/h1-4H,5H2,(H,14,15)/p-1. The Balaban J connectivity index is 2.32. The van der Waals surface area contributed by atoms with Gasteiger partial charge in [0.05, 0.1) is 23.0 Å². The lowest BCUT2D eigenvalue weighted by atomic mass is 10.2. The van der Waals surface area contributed by atoms with E-state index in [0.717, 1.165) is 0 Å². The summed E-state index contributed by atoms with van der Waals surface area (Å²) in [5.41, 5.74) is 0.571. The van der Waals surface area contributed by atoms with E-state index in [9.17, 15) is 9.90 Å². The van der Waals surface area contributed by atoms with Crippen LogP contribution < -0.4 is 5.11 Å². The molecule has 0 aliphatic carbocycles. The summed E-state index contributed by atoms with van der Waals surface area (Å²) < 4.78 is 5.13. The largest absolute Gasteiger partial charge is 0.550 e. The second-order valence-electron chi connectivity index (χ2n) is 3.03. The first-order valence-electron chi connectivity index (χ1n) is 4.44. The van der Waals surface area contributed by atoms with Gasteiger partial charge in [0.25, 0.3) is 0 Å². The summed E-state index contributed by atoms with van der Waals surface area (Å²) in [6, 6.07) is 6.92. The Morgan fingerprint density at radius 1 is 1.38 bits per heavy atom. The molecule has 0 spiro atoms. The predicted octanol–water partition coefficient (Wildman–Crippen LogP) is 0.682. The van der Waals surface area contributed by atoms with Crippen molar-refractivity contribution in [3.8, 4) is 11.5 Å². The van der Waals surface area contributed by atoms with Crippen LogP contribution in [0.2, 0.25) is 5.02 Å². The molecule has 0 saturated heterocycles. The summed E-state index contributed by atoms with van der Waals surface area (Å²) in [5, 5.41) is 18.1. The molecule has 82 valence electrons. The Morgan fingerprint density at radius 3 is 2.81 bits per heavy atom. The van der Waals surface area contributed by atoms with Crippen LogP contribution in [0.5, 0.6) is 0 Å². The van der Waals surface area contributed by atoms with E-state index in [2.05, 4.69) is 10.2 Å². The van der Waals surface area contributed by atoms with E-state index in [0.29, 0.717) is 10.6 Å². The van der Waals surface area contributed by atoms with Crippen molar-refractivity contribution in [2.75, 3.05) is 0 Å². The van der Waals surface area contributed by atoms with E-state index in [1.54, 1.807) is 24.3 Å². The maximum Gasteiger partial charge on any atom is 0.249 e. The highest BCUT2D eigenvalue weighted by atomic mass is 35.5. The van der Waals surface area contributed by atoms with Gasteiger partial charge in [-0.05, 0) is 12.1 Å². The van der Waals surface area contributed by atoms with Crippen LogP contribution in [0.3, 0.4) is 0 Å². The highest BCUT2D eigenvalue weighted by molar-refractivity contribution is 6.33. The van der Waals surface area contributed by atoms with E-state index in [1.165, 1.54) is 0 Å². The Bertz CT molecular complexity index is 524. The van der Waals surface area contributed by atoms with Crippen LogP contribution in [0, 0.1) is 0 Å². The molecule has 2 aromatic rings. The molecule has 0 aliphatic rings. The third-order valence-electron chi connectivity index (χ3n) is 1.87. The molecule has 0 amide bonds. The fourth-order valence-electron chi connectivity index (χ4n) is 1.19. The molecule has 0 unspecified atom stereocenters. The van der Waals surface area contributed by atoms with Crippen molar-refractivity contribution in [1.29, 1.82) is 0 Å². The molecule has 5 nitrogen and oxygen atoms in total. The average Bonchev–Trinajstić information content (AvgIpc) is 2.66. The maximum absolute atomic E-state index is 10.3. The first-order valence-corrected chi connectivity index (χ1v) is 4.82. The van der Waals surface area contributed by atoms with Gasteiger partial charge in [-0.2, -0.15) is 0 Å². The normalized spacial score (nSPS) is 10.3. The van der Waals surface area contributed by atoms with Crippen molar-refractivity contribution >= 4 is 17.6 Å². The molecule has 0 radical (unpaired) electrons. The van der Waals surface area contributed by atoms with Crippen LogP contribution in [0.25, 0.3) is 11.5 Å². The number of hydrogen-bond donors (Lipinski definition) is 0. The van der Waals surface area contributed by atoms with Crippen LogP contribution in [0.1, 0.15) is 5.89 Å². The van der Waals surface area contributed by atoms with Gasteiger partial charge < -0.3 is 14.3 Å². The summed E-state index contributed by atoms with van der Waals surface area (Å²) in [6.45, 7) is 0. The van der Waals surface area contributed by atoms with Crippen LogP contribution in [0.4, 0.5) is 0 Å². The third kappa shape index (κ3) is 2.20. The summed E-state index contributed by atoms with van der Waals surface area (Å²) in [7, 11) is 0. The van der Waals surface area contributed by atoms with Gasteiger partial charge in [0.1, 0.15) is 0 Å². The molecule has 1 heterocycles. The number of nitrogens with zero attached hydrogens (tertiary/aromatic N) is 2. The molecule has 0 aliphatic heterocycles. The fraction of sp³-hybridized carbons (Fsp3) is 0.100. The van der Waals surface area contributed by atoms with Gasteiger partial charge >= 0.3 is 0 Å². The molecule has 1 aromatic carbocycles. The number of carbonyl (C=O) groups excluding carboxylic acids is 1. The molecule has 0 saturated carbocycles. The SMILES string of the molecule is O=C([O-])Cc1nnc(-c2ccccc2Cl)o1. The number of rotatable bonds is 3. The minimum atomic E-state index is -1.27. The van der Waals surface area contributed by atoms with E-state index in [1.807, 2.05) is 0 Å². The van der Waals surface area contributed by atoms with Crippen molar-refractivity contribution in [1.82, 2.24) is 10.2 Å². The number of aliphatic carboxylic acids is 1. The third-order valence-corrected chi connectivity index (χ3v) is 2.20. The second-order valence-corrected chi connectivity index (χ2v) is 3.44. The van der Waals surface area contributed by atoms with E-state index in [4.69, 9.17) is 16.0 Å². The van der Waals surface area contributed by atoms with Gasteiger partial charge in [-0.15, -0.1) is 10.2 Å². The molecule has 0 N–H and O–H groups in total. The number of carbonyl (C=O) groups is 1. The van der Waals surface area contributed by atoms with Gasteiger partial charge in [0.2, 0.25) is 11.8 Å². The Morgan fingerprint density at radius 2 is 2.12 bits per heavy atom. The van der Waals surface area contributed by atoms with Crippen molar-refractivity contribution in [3.63, 3.8) is 0 Å². The molecule has 2 rings (SSSR count). The van der Waals surface area contributed by atoms with E-state index >= 15 is 0 Å². The monoisotopic (exact) mass is 237 g/mol. The van der Waals surface area contributed by atoms with Crippen molar-refractivity contribution in [2.24, 2.45) is 0 Å². The topological polar surface area (TPSA) is 79.0 Å². The summed E-state index contributed by atoms with van der Waals surface area (Å²) in [5.74, 6) is -1.08. The molecule has 6 heteroatoms. The molecule has 0 atom stereocenters. The zero-order valence-corrected chi connectivity index (χ0v) is 8.77. The maximum atomic E-state index is 10.3. The number of halogens is 1. The van der Waals surface area contributed by atoms with E-state index in [-0.39, 0.29) is 11.8 Å². The summed E-state index contributed by atoms with van der Waals surface area (Å²) in [6.07, 6.45) is -0.405. The molecule has 16 heavy (non-hydrogen) atoms. The van der Waals surface area contributed by atoms with Gasteiger partial charge in [-0.25, -0.2) is 0 Å². The van der Waals surface area contributed by atoms with E-state index < -0.39 is 12.4 Å². The molecule has 0 bridgehead atoms. The number of hydrogen-bond acceptors (Lipinski definition) is 5. The highest BCUT2D eigenvalue weighted by Gasteiger charge is 2.11. The quantitative estimate of drug-likeness (QED) is 0.784. The van der Waals surface area contributed by atoms with Gasteiger partial charge in [0.15, 0.2) is 0 Å². The van der Waals surface area contributed by atoms with Crippen LogP contribution >= 0.6 is 11.6 Å². The van der Waals surface area contributed by atoms with Crippen molar-refractivity contribution < 1.29 is 14.3 Å². The zero-order chi connectivity index (χ0) is 11.5. The first-order chi connectivity index (χ1) is 7.66. The number of carboxylic acid groups (broad SMARTS) is 1. The minimum absolute atomic E-state index is 0.00470. The lowest BCUT2D eigenvalue weighted by Gasteiger charge is -1.97. The molecular weight excluding hydrogens is 232 g/mol.